The quantitative estimate of drug-likeness (QED) is 0.241. The maximum Gasteiger partial charge on any atom is 0.127 e. The molecule has 2 aliphatic rings. The molecule has 2 atom stereocenters. The van der Waals surface area contributed by atoms with E-state index in [0.29, 0.717) is 12.0 Å². The van der Waals surface area contributed by atoms with Gasteiger partial charge in [0.25, 0.3) is 0 Å². The predicted molar refractivity (Wildman–Crippen MR) is 158 cm³/mol. The molecular formula is C35H30FN3O. The predicted octanol–water partition coefficient (Wildman–Crippen LogP) is 8.32. The number of nitrogens with zero attached hydrogens (tertiary/aromatic N) is 2. The maximum atomic E-state index is 13.7. The van der Waals surface area contributed by atoms with E-state index in [-0.39, 0.29) is 5.82 Å². The molecular weight excluding hydrogens is 497 g/mol. The van der Waals surface area contributed by atoms with Crippen molar-refractivity contribution in [1.29, 1.82) is 0 Å². The van der Waals surface area contributed by atoms with Crippen LogP contribution in [0, 0.1) is 5.82 Å². The number of aromatic nitrogens is 2. The number of nitrogens with one attached hydrogen (secondary N) is 1. The summed E-state index contributed by atoms with van der Waals surface area (Å²) in [6.07, 6.45) is 10.3. The number of aromatic amines is 1. The zero-order valence-corrected chi connectivity index (χ0v) is 22.1. The van der Waals surface area contributed by atoms with Crippen molar-refractivity contribution < 1.29 is 9.13 Å². The van der Waals surface area contributed by atoms with Gasteiger partial charge in [-0.05, 0) is 102 Å². The third kappa shape index (κ3) is 4.85. The van der Waals surface area contributed by atoms with Crippen LogP contribution in [0.5, 0.6) is 11.5 Å². The fourth-order valence-electron chi connectivity index (χ4n) is 6.18. The van der Waals surface area contributed by atoms with Crippen molar-refractivity contribution in [1.82, 2.24) is 14.9 Å². The van der Waals surface area contributed by atoms with E-state index in [1.807, 2.05) is 67.0 Å². The molecule has 2 aliphatic heterocycles. The molecule has 7 rings (SSSR count). The molecule has 1 saturated heterocycles. The summed E-state index contributed by atoms with van der Waals surface area (Å²) in [7, 11) is 0. The normalized spacial score (nSPS) is 18.8. The summed E-state index contributed by atoms with van der Waals surface area (Å²) in [5.74, 6) is 1.97. The van der Waals surface area contributed by atoms with Crippen molar-refractivity contribution in [3.63, 3.8) is 0 Å². The van der Waals surface area contributed by atoms with E-state index in [2.05, 4.69) is 51.4 Å². The lowest BCUT2D eigenvalue weighted by molar-refractivity contribution is 0.286. The van der Waals surface area contributed by atoms with Crippen LogP contribution in [0.1, 0.15) is 29.9 Å². The Morgan fingerprint density at radius 1 is 0.825 bits per heavy atom. The van der Waals surface area contributed by atoms with Gasteiger partial charge < -0.3 is 9.72 Å². The number of rotatable bonds is 6. The van der Waals surface area contributed by atoms with Crippen LogP contribution in [-0.4, -0.2) is 34.0 Å². The third-order valence-corrected chi connectivity index (χ3v) is 8.17. The first-order chi connectivity index (χ1) is 19.7. The van der Waals surface area contributed by atoms with E-state index in [9.17, 15) is 4.39 Å². The Hall–Kier alpha value is -4.48. The first-order valence-corrected chi connectivity index (χ1v) is 13.9. The number of halogens is 1. The molecule has 0 spiro atoms. The summed E-state index contributed by atoms with van der Waals surface area (Å²) in [4.78, 5) is 10.4. The Morgan fingerprint density at radius 3 is 2.35 bits per heavy atom. The van der Waals surface area contributed by atoms with Gasteiger partial charge in [-0.3, -0.25) is 9.88 Å². The number of hydrogen-bond acceptors (Lipinski definition) is 3. The number of H-pyrrole nitrogens is 1. The van der Waals surface area contributed by atoms with Crippen LogP contribution in [0.4, 0.5) is 4.39 Å². The Kier molecular flexibility index (Phi) is 6.50. The van der Waals surface area contributed by atoms with Crippen LogP contribution >= 0.6 is 0 Å². The number of hydrogen-bond donors (Lipinski definition) is 1. The van der Waals surface area contributed by atoms with Gasteiger partial charge in [-0.1, -0.05) is 36.4 Å². The minimum absolute atomic E-state index is 0.231. The minimum atomic E-state index is -0.231. The van der Waals surface area contributed by atoms with E-state index in [1.54, 1.807) is 0 Å². The van der Waals surface area contributed by atoms with Crippen LogP contribution in [0.25, 0.3) is 28.0 Å². The lowest BCUT2D eigenvalue weighted by Crippen LogP contribution is -2.32. The molecule has 5 aromatic rings. The minimum Gasteiger partial charge on any atom is -0.457 e. The molecule has 5 heteroatoms. The molecule has 0 saturated carbocycles. The summed E-state index contributed by atoms with van der Waals surface area (Å²) >= 11 is 0. The average molecular weight is 528 g/mol. The number of fused-ring (bicyclic) bond motifs is 1. The molecule has 1 fully saturated rings. The van der Waals surface area contributed by atoms with Crippen LogP contribution in [0.2, 0.25) is 0 Å². The Bertz CT molecular complexity index is 1630. The highest BCUT2D eigenvalue weighted by Crippen LogP contribution is 2.43. The monoisotopic (exact) mass is 527 g/mol. The molecule has 2 aromatic heterocycles. The standard InChI is InChI=1S/C35H30FN3O/c36-29-10-6-26(7-11-29)35-34(25-14-17-37-18-15-25)33(22-38-35)27-16-19-39-23-28(21-30(39)20-27)24-8-12-32(13-9-24)40-31-4-2-1-3-5-31/h1-15,17-18,20,22,28,30,38H,16,19,21,23H2/t28-,30-/m1/s1. The van der Waals surface area contributed by atoms with Crippen LogP contribution in [0.15, 0.2) is 116 Å². The number of pyridine rings is 1. The fraction of sp³-hybridized carbons (Fsp3) is 0.171. The molecule has 4 nitrogen and oxygen atoms in total. The van der Waals surface area contributed by atoms with Crippen molar-refractivity contribution in [3.05, 3.63) is 133 Å². The lowest BCUT2D eigenvalue weighted by Gasteiger charge is -2.28. The largest absolute Gasteiger partial charge is 0.457 e. The average Bonchev–Trinajstić information content (AvgIpc) is 3.64. The first kappa shape index (κ1) is 24.6. The lowest BCUT2D eigenvalue weighted by atomic mass is 9.90. The molecule has 1 N–H and O–H groups in total. The van der Waals surface area contributed by atoms with Gasteiger partial charge in [-0.15, -0.1) is 0 Å². The Morgan fingerprint density at radius 2 is 1.57 bits per heavy atom. The van der Waals surface area contributed by atoms with Crippen molar-refractivity contribution in [2.45, 2.75) is 24.8 Å². The van der Waals surface area contributed by atoms with Crippen molar-refractivity contribution in [2.24, 2.45) is 0 Å². The van der Waals surface area contributed by atoms with Crippen LogP contribution in [-0.2, 0) is 0 Å². The molecule has 0 aliphatic carbocycles. The molecule has 0 bridgehead atoms. The number of ether oxygens (including phenoxy) is 1. The summed E-state index contributed by atoms with van der Waals surface area (Å²) in [5.41, 5.74) is 8.18. The number of para-hydroxylation sites is 1. The van der Waals surface area contributed by atoms with Gasteiger partial charge in [0.05, 0.1) is 5.69 Å². The summed E-state index contributed by atoms with van der Waals surface area (Å²) < 4.78 is 19.7. The van der Waals surface area contributed by atoms with E-state index in [4.69, 9.17) is 4.74 Å². The van der Waals surface area contributed by atoms with E-state index >= 15 is 0 Å². The maximum absolute atomic E-state index is 13.7. The second-order valence-corrected chi connectivity index (χ2v) is 10.6. The van der Waals surface area contributed by atoms with Gasteiger partial charge in [0.2, 0.25) is 0 Å². The molecule has 3 aromatic carbocycles. The van der Waals surface area contributed by atoms with E-state index in [0.717, 1.165) is 59.8 Å². The van der Waals surface area contributed by atoms with Gasteiger partial charge in [-0.2, -0.15) is 0 Å². The second-order valence-electron chi connectivity index (χ2n) is 10.6. The molecule has 0 radical (unpaired) electrons. The van der Waals surface area contributed by atoms with Crippen LogP contribution in [0.3, 0.4) is 0 Å². The SMILES string of the molecule is Fc1ccc(-c2[nH]cc(C3=C[C@@H]4C[C@@H](c5ccc(Oc6ccccc6)cc5)CN4CC3)c2-c2ccncc2)cc1. The van der Waals surface area contributed by atoms with Gasteiger partial charge in [-0.25, -0.2) is 4.39 Å². The number of benzene rings is 3. The van der Waals surface area contributed by atoms with Gasteiger partial charge >= 0.3 is 0 Å². The molecule has 0 unspecified atom stereocenters. The van der Waals surface area contributed by atoms with E-state index < -0.39 is 0 Å². The van der Waals surface area contributed by atoms with Crippen molar-refractivity contribution >= 4 is 5.57 Å². The second kappa shape index (κ2) is 10.6. The van der Waals surface area contributed by atoms with Gasteiger partial charge in [0.15, 0.2) is 0 Å². The first-order valence-electron chi connectivity index (χ1n) is 13.9. The fourth-order valence-corrected chi connectivity index (χ4v) is 6.18. The topological polar surface area (TPSA) is 41.1 Å². The van der Waals surface area contributed by atoms with Gasteiger partial charge in [0, 0.05) is 48.8 Å². The van der Waals surface area contributed by atoms with E-state index in [1.165, 1.54) is 28.8 Å². The highest BCUT2D eigenvalue weighted by Gasteiger charge is 2.34. The molecule has 4 heterocycles. The van der Waals surface area contributed by atoms with Crippen molar-refractivity contribution in [2.75, 3.05) is 13.1 Å². The Labute approximate surface area is 233 Å². The van der Waals surface area contributed by atoms with Gasteiger partial charge in [0.1, 0.15) is 17.3 Å². The highest BCUT2D eigenvalue weighted by atomic mass is 19.1. The van der Waals surface area contributed by atoms with Crippen LogP contribution < -0.4 is 4.74 Å². The summed E-state index contributed by atoms with van der Waals surface area (Å²) in [6.45, 7) is 2.10. The Balaban J connectivity index is 1.14. The summed E-state index contributed by atoms with van der Waals surface area (Å²) in [6, 6.07) is 29.7. The molecule has 0 amide bonds. The highest BCUT2D eigenvalue weighted by molar-refractivity contribution is 5.91. The summed E-state index contributed by atoms with van der Waals surface area (Å²) in [5, 5.41) is 0. The molecule has 40 heavy (non-hydrogen) atoms. The third-order valence-electron chi connectivity index (χ3n) is 8.17. The zero-order valence-electron chi connectivity index (χ0n) is 22.1. The van der Waals surface area contributed by atoms with Crippen molar-refractivity contribution in [3.8, 4) is 33.9 Å². The smallest absolute Gasteiger partial charge is 0.127 e. The zero-order chi connectivity index (χ0) is 26.9. The molecule has 198 valence electrons.